The molecule has 2 aromatic heterocycles. The number of carbonyl (C=O) groups is 2. The lowest BCUT2D eigenvalue weighted by Crippen LogP contribution is -2.45. The molecule has 4 heterocycles. The van der Waals surface area contributed by atoms with Crippen LogP contribution in [0.1, 0.15) is 65.5 Å². The van der Waals surface area contributed by atoms with Gasteiger partial charge in [-0.2, -0.15) is 0 Å². The summed E-state index contributed by atoms with van der Waals surface area (Å²) >= 11 is 0. The standard InChI is InChI=1S/C37H34FN3O4/c38-29-9-5-4-8-26(29)31-14-12-24-28-21-33(36(42)40-16-18-45-19-17-40)41-32-20-23(37(43)44)10-11-27(32)34(22-6-2-1-3-7-22)35(41)25(28)13-15-30(24)39-31/h4-5,8-15,20,22,33H,1-3,6-7,16-19,21H2,(H,43,44). The Morgan fingerprint density at radius 3 is 2.44 bits per heavy atom. The van der Waals surface area contributed by atoms with E-state index in [0.717, 1.165) is 64.3 Å². The number of carboxylic acid groups (broad SMARTS) is 1. The summed E-state index contributed by atoms with van der Waals surface area (Å²) in [6.45, 7) is 2.04. The number of rotatable bonds is 4. The minimum Gasteiger partial charge on any atom is -0.478 e. The lowest BCUT2D eigenvalue weighted by Gasteiger charge is -2.35. The molecule has 8 rings (SSSR count). The number of morpholine rings is 1. The van der Waals surface area contributed by atoms with Crippen LogP contribution in [-0.4, -0.2) is 57.7 Å². The van der Waals surface area contributed by atoms with E-state index < -0.39 is 12.0 Å². The van der Waals surface area contributed by atoms with Gasteiger partial charge in [0.05, 0.1) is 41.2 Å². The Morgan fingerprint density at radius 2 is 1.67 bits per heavy atom. The zero-order valence-corrected chi connectivity index (χ0v) is 25.0. The smallest absolute Gasteiger partial charge is 0.335 e. The third-order valence-electron chi connectivity index (χ3n) is 10.0. The molecule has 1 saturated carbocycles. The molecule has 0 bridgehead atoms. The van der Waals surface area contributed by atoms with Crippen LogP contribution in [0, 0.1) is 5.82 Å². The maximum atomic E-state index is 14.7. The predicted molar refractivity (Wildman–Crippen MR) is 171 cm³/mol. The van der Waals surface area contributed by atoms with Gasteiger partial charge in [0, 0.05) is 41.4 Å². The molecule has 1 atom stereocenters. The number of aromatic carboxylic acids is 1. The number of benzene rings is 3. The van der Waals surface area contributed by atoms with E-state index in [-0.39, 0.29) is 17.3 Å². The average molecular weight is 604 g/mol. The van der Waals surface area contributed by atoms with Crippen molar-refractivity contribution in [3.63, 3.8) is 0 Å². The molecule has 1 N–H and O–H groups in total. The van der Waals surface area contributed by atoms with Crippen LogP contribution in [-0.2, 0) is 16.0 Å². The number of nitrogens with zero attached hydrogens (tertiary/aromatic N) is 3. The summed E-state index contributed by atoms with van der Waals surface area (Å²) in [5.74, 6) is -0.969. The summed E-state index contributed by atoms with van der Waals surface area (Å²) in [5, 5.41) is 11.9. The maximum Gasteiger partial charge on any atom is 0.335 e. The minimum absolute atomic E-state index is 0.0194. The van der Waals surface area contributed by atoms with Crippen molar-refractivity contribution in [2.75, 3.05) is 26.3 Å². The number of halogens is 1. The van der Waals surface area contributed by atoms with Gasteiger partial charge in [-0.3, -0.25) is 4.79 Å². The van der Waals surface area contributed by atoms with Gasteiger partial charge in [-0.25, -0.2) is 14.2 Å². The molecule has 1 amide bonds. The third-order valence-corrected chi connectivity index (χ3v) is 10.0. The van der Waals surface area contributed by atoms with Gasteiger partial charge in [0.2, 0.25) is 5.91 Å². The molecule has 1 saturated heterocycles. The lowest BCUT2D eigenvalue weighted by molar-refractivity contribution is -0.138. The van der Waals surface area contributed by atoms with Gasteiger partial charge >= 0.3 is 5.97 Å². The summed E-state index contributed by atoms with van der Waals surface area (Å²) in [7, 11) is 0. The first-order valence-corrected chi connectivity index (χ1v) is 15.9. The van der Waals surface area contributed by atoms with E-state index in [2.05, 4.69) is 10.6 Å². The fourth-order valence-electron chi connectivity index (χ4n) is 7.88. The molecule has 1 unspecified atom stereocenters. The molecule has 7 nitrogen and oxygen atoms in total. The highest BCUT2D eigenvalue weighted by Crippen LogP contribution is 2.50. The number of ether oxygens (including phenoxy) is 1. The van der Waals surface area contributed by atoms with E-state index in [1.807, 2.05) is 29.2 Å². The van der Waals surface area contributed by atoms with Crippen molar-refractivity contribution >= 4 is 33.7 Å². The quantitative estimate of drug-likeness (QED) is 0.232. The molecular formula is C37H34FN3O4. The summed E-state index contributed by atoms with van der Waals surface area (Å²) in [4.78, 5) is 33.4. The van der Waals surface area contributed by atoms with Crippen molar-refractivity contribution in [2.24, 2.45) is 0 Å². The normalized spacial score (nSPS) is 18.6. The van der Waals surface area contributed by atoms with E-state index in [9.17, 15) is 19.1 Å². The molecule has 5 aromatic rings. The highest BCUT2D eigenvalue weighted by molar-refractivity contribution is 6.02. The molecule has 45 heavy (non-hydrogen) atoms. The van der Waals surface area contributed by atoms with Gasteiger partial charge in [0.15, 0.2) is 0 Å². The molecule has 0 radical (unpaired) electrons. The number of amides is 1. The molecule has 1 aliphatic carbocycles. The third kappa shape index (κ3) is 4.62. The van der Waals surface area contributed by atoms with Crippen LogP contribution in [0.4, 0.5) is 4.39 Å². The van der Waals surface area contributed by atoms with Gasteiger partial charge in [0.1, 0.15) is 11.9 Å². The van der Waals surface area contributed by atoms with Gasteiger partial charge in [0.25, 0.3) is 0 Å². The Morgan fingerprint density at radius 1 is 0.889 bits per heavy atom. The van der Waals surface area contributed by atoms with Crippen molar-refractivity contribution in [3.8, 4) is 22.5 Å². The molecule has 3 aromatic carbocycles. The van der Waals surface area contributed by atoms with E-state index in [0.29, 0.717) is 49.9 Å². The van der Waals surface area contributed by atoms with E-state index in [1.54, 1.807) is 30.3 Å². The van der Waals surface area contributed by atoms with Gasteiger partial charge in [-0.1, -0.05) is 49.6 Å². The maximum absolute atomic E-state index is 14.7. The summed E-state index contributed by atoms with van der Waals surface area (Å²) in [6, 6.07) is 19.5. The summed E-state index contributed by atoms with van der Waals surface area (Å²) in [5.41, 5.74) is 7.14. The molecule has 0 spiro atoms. The Kier molecular flexibility index (Phi) is 6.90. The van der Waals surface area contributed by atoms with E-state index >= 15 is 0 Å². The van der Waals surface area contributed by atoms with Crippen molar-refractivity contribution in [1.29, 1.82) is 0 Å². The molecule has 2 fully saturated rings. The van der Waals surface area contributed by atoms with Crippen LogP contribution in [0.3, 0.4) is 0 Å². The summed E-state index contributed by atoms with van der Waals surface area (Å²) in [6.07, 6.45) is 6.07. The molecule has 8 heteroatoms. The van der Waals surface area contributed by atoms with Crippen LogP contribution < -0.4 is 0 Å². The lowest BCUT2D eigenvalue weighted by atomic mass is 9.80. The van der Waals surface area contributed by atoms with E-state index in [1.165, 1.54) is 18.1 Å². The topological polar surface area (TPSA) is 84.7 Å². The number of hydrogen-bond acceptors (Lipinski definition) is 4. The number of pyridine rings is 1. The molecular weight excluding hydrogens is 569 g/mol. The largest absolute Gasteiger partial charge is 0.478 e. The van der Waals surface area contributed by atoms with E-state index in [4.69, 9.17) is 9.72 Å². The number of fused-ring (bicyclic) bond motifs is 7. The first-order chi connectivity index (χ1) is 22.0. The first-order valence-electron chi connectivity index (χ1n) is 15.9. The minimum atomic E-state index is -0.985. The van der Waals surface area contributed by atoms with Crippen LogP contribution in [0.15, 0.2) is 66.7 Å². The second-order valence-electron chi connectivity index (χ2n) is 12.5. The number of carboxylic acids is 1. The second kappa shape index (κ2) is 11.1. The highest BCUT2D eigenvalue weighted by Gasteiger charge is 2.39. The average Bonchev–Trinajstić information content (AvgIpc) is 3.43. The molecule has 228 valence electrons. The van der Waals surface area contributed by atoms with Crippen LogP contribution in [0.25, 0.3) is 44.3 Å². The number of hydrogen-bond donors (Lipinski definition) is 1. The zero-order chi connectivity index (χ0) is 30.7. The van der Waals surface area contributed by atoms with Crippen molar-refractivity contribution in [3.05, 3.63) is 89.2 Å². The van der Waals surface area contributed by atoms with Crippen molar-refractivity contribution in [1.82, 2.24) is 14.5 Å². The van der Waals surface area contributed by atoms with Crippen molar-refractivity contribution in [2.45, 2.75) is 50.5 Å². The number of aromatic nitrogens is 2. The summed E-state index contributed by atoms with van der Waals surface area (Å²) < 4.78 is 22.4. The first kappa shape index (κ1) is 28.0. The Hall–Kier alpha value is -4.56. The van der Waals surface area contributed by atoms with Gasteiger partial charge < -0.3 is 19.3 Å². The Labute approximate surface area is 260 Å². The number of carbonyl (C=O) groups excluding carboxylic acids is 1. The highest BCUT2D eigenvalue weighted by atomic mass is 19.1. The van der Waals surface area contributed by atoms with Gasteiger partial charge in [-0.05, 0) is 66.3 Å². The second-order valence-corrected chi connectivity index (χ2v) is 12.5. The Balaban J connectivity index is 1.39. The van der Waals surface area contributed by atoms with Crippen LogP contribution >= 0.6 is 0 Å². The predicted octanol–water partition coefficient (Wildman–Crippen LogP) is 7.36. The van der Waals surface area contributed by atoms with Crippen LogP contribution in [0.2, 0.25) is 0 Å². The van der Waals surface area contributed by atoms with Crippen LogP contribution in [0.5, 0.6) is 0 Å². The Bertz CT molecular complexity index is 1990. The molecule has 3 aliphatic rings. The fraction of sp³-hybridized carbons (Fsp3) is 0.324. The van der Waals surface area contributed by atoms with Gasteiger partial charge in [-0.15, -0.1) is 0 Å². The fourth-order valence-corrected chi connectivity index (χ4v) is 7.88. The van der Waals surface area contributed by atoms with Crippen molar-refractivity contribution < 1.29 is 23.8 Å². The molecule has 2 aliphatic heterocycles. The monoisotopic (exact) mass is 603 g/mol. The SMILES string of the molecule is O=C(O)c1ccc2c(C3CCCCC3)c3n(c2c1)C(C(=O)N1CCOCC1)Cc1c-3ccc2nc(-c3ccccc3F)ccc12. The zero-order valence-electron chi connectivity index (χ0n) is 25.0.